The molecule has 0 fully saturated rings. The molecule has 0 bridgehead atoms. The molecule has 28 heavy (non-hydrogen) atoms. The van der Waals surface area contributed by atoms with Crippen molar-refractivity contribution >= 4 is 14.0 Å². The van der Waals surface area contributed by atoms with E-state index in [0.29, 0.717) is 11.4 Å². The molecule has 1 atom stereocenters. The van der Waals surface area contributed by atoms with Crippen LogP contribution in [0.1, 0.15) is 26.5 Å². The first-order valence-electron chi connectivity index (χ1n) is 8.99. The largest absolute Gasteiger partial charge is 0.469 e. The number of aromatic nitrogens is 3. The van der Waals surface area contributed by atoms with E-state index >= 15 is 0 Å². The van der Waals surface area contributed by atoms with Crippen molar-refractivity contribution in [2.45, 2.75) is 52.0 Å². The first kappa shape index (κ1) is 22.0. The number of pyridine rings is 1. The fraction of sp³-hybridized carbons (Fsp3) is 0.556. The van der Waals surface area contributed by atoms with E-state index in [9.17, 15) is 14.5 Å². The van der Waals surface area contributed by atoms with E-state index in [-0.39, 0.29) is 29.8 Å². The maximum atomic E-state index is 14.3. The van der Waals surface area contributed by atoms with E-state index in [0.717, 1.165) is 0 Å². The van der Waals surface area contributed by atoms with Crippen LogP contribution in [-0.4, -0.2) is 47.4 Å². The maximum absolute atomic E-state index is 14.3. The van der Waals surface area contributed by atoms with E-state index in [1.54, 1.807) is 25.3 Å². The summed E-state index contributed by atoms with van der Waals surface area (Å²) < 4.78 is 26.8. The summed E-state index contributed by atoms with van der Waals surface area (Å²) in [6.07, 6.45) is 1.43. The van der Waals surface area contributed by atoms with Crippen molar-refractivity contribution in [1.82, 2.24) is 14.8 Å². The fourth-order valence-electron chi connectivity index (χ4n) is 2.15. The molecular weight excluding hydrogens is 383 g/mol. The first-order valence-corrected chi connectivity index (χ1v) is 11.9. The topological polar surface area (TPSA) is 92.3 Å². The Balaban J connectivity index is 2.07. The molecule has 2 aromatic heterocycles. The molecule has 0 saturated heterocycles. The number of ether oxygens (including phenoxy) is 1. The smallest absolute Gasteiger partial charge is 0.350 e. The van der Waals surface area contributed by atoms with Crippen LogP contribution >= 0.6 is 0 Å². The number of nitrogens with zero attached hydrogens (tertiary/aromatic N) is 4. The van der Waals surface area contributed by atoms with Crippen LogP contribution in [0.4, 0.5) is 10.1 Å². The van der Waals surface area contributed by atoms with Gasteiger partial charge < -0.3 is 9.16 Å². The molecule has 154 valence electrons. The van der Waals surface area contributed by atoms with Gasteiger partial charge in [0, 0.05) is 6.20 Å². The Morgan fingerprint density at radius 2 is 2.04 bits per heavy atom. The molecule has 0 aliphatic heterocycles. The summed E-state index contributed by atoms with van der Waals surface area (Å²) >= 11 is 0. The number of halogens is 1. The van der Waals surface area contributed by atoms with Gasteiger partial charge in [-0.2, -0.15) is 0 Å². The number of hydrogen-bond donors (Lipinski definition) is 0. The second-order valence-electron chi connectivity index (χ2n) is 8.11. The normalized spacial score (nSPS) is 13.4. The summed E-state index contributed by atoms with van der Waals surface area (Å²) in [5, 5.41) is 15.4. The van der Waals surface area contributed by atoms with Gasteiger partial charge in [0.1, 0.15) is 12.8 Å². The molecule has 2 heterocycles. The minimum atomic E-state index is -2.08. The van der Waals surface area contributed by atoms with Gasteiger partial charge in [-0.3, -0.25) is 15.1 Å². The molecule has 0 N–H and O–H groups in total. The Hall–Kier alpha value is -2.33. The molecule has 0 aliphatic carbocycles. The summed E-state index contributed by atoms with van der Waals surface area (Å²) in [4.78, 5) is 14.8. The molecule has 1 unspecified atom stereocenters. The van der Waals surface area contributed by atoms with E-state index in [2.05, 4.69) is 30.9 Å². The van der Waals surface area contributed by atoms with Gasteiger partial charge in [-0.05, 0) is 37.2 Å². The molecule has 0 radical (unpaired) electrons. The lowest BCUT2D eigenvalue weighted by molar-refractivity contribution is -0.386. The van der Waals surface area contributed by atoms with E-state index in [1.165, 1.54) is 10.9 Å². The zero-order valence-corrected chi connectivity index (χ0v) is 18.1. The molecule has 2 aromatic rings. The number of rotatable bonds is 8. The quantitative estimate of drug-likeness (QED) is 0.367. The highest BCUT2D eigenvalue weighted by atomic mass is 28.4. The third kappa shape index (κ3) is 5.13. The summed E-state index contributed by atoms with van der Waals surface area (Å²) in [6.45, 7) is 11.5. The Morgan fingerprint density at radius 3 is 2.61 bits per heavy atom. The summed E-state index contributed by atoms with van der Waals surface area (Å²) in [5.41, 5.74) is 0.900. The van der Waals surface area contributed by atoms with Crippen molar-refractivity contribution in [1.29, 1.82) is 0 Å². The van der Waals surface area contributed by atoms with Crippen LogP contribution < -0.4 is 4.74 Å². The maximum Gasteiger partial charge on any atom is 0.350 e. The Labute approximate surface area is 165 Å². The standard InChI is InChI=1S/C18H27FN4O4Si/c1-13-15(8-7-9-20-13)22-10-16(23(24)25)17(21-22)26-11-14(19)12-27-28(5,6)18(2,3)4/h7-10,14H,11-12H2,1-6H3. The highest BCUT2D eigenvalue weighted by Crippen LogP contribution is 2.36. The van der Waals surface area contributed by atoms with Gasteiger partial charge >= 0.3 is 11.6 Å². The van der Waals surface area contributed by atoms with E-state index in [4.69, 9.17) is 9.16 Å². The van der Waals surface area contributed by atoms with Crippen LogP contribution in [-0.2, 0) is 4.43 Å². The van der Waals surface area contributed by atoms with Crippen molar-refractivity contribution in [2.24, 2.45) is 0 Å². The lowest BCUT2D eigenvalue weighted by Gasteiger charge is -2.36. The van der Waals surface area contributed by atoms with E-state index < -0.39 is 19.4 Å². The van der Waals surface area contributed by atoms with Crippen LogP contribution in [0.2, 0.25) is 18.1 Å². The molecule has 0 aromatic carbocycles. The van der Waals surface area contributed by atoms with Gasteiger partial charge in [0.05, 0.1) is 22.9 Å². The second-order valence-corrected chi connectivity index (χ2v) is 12.9. The first-order chi connectivity index (χ1) is 12.9. The summed E-state index contributed by atoms with van der Waals surface area (Å²) in [6, 6.07) is 3.43. The average Bonchev–Trinajstić information content (AvgIpc) is 3.02. The van der Waals surface area contributed by atoms with Crippen LogP contribution in [0.25, 0.3) is 5.69 Å². The predicted molar refractivity (Wildman–Crippen MR) is 106 cm³/mol. The molecular formula is C18H27FN4O4Si. The molecule has 8 nitrogen and oxygen atoms in total. The molecule has 0 saturated carbocycles. The second kappa shape index (κ2) is 8.35. The van der Waals surface area contributed by atoms with Gasteiger partial charge in [0.2, 0.25) is 0 Å². The zero-order chi connectivity index (χ0) is 21.1. The Bertz CT molecular complexity index is 835. The van der Waals surface area contributed by atoms with Gasteiger partial charge in [-0.25, -0.2) is 9.07 Å². The van der Waals surface area contributed by atoms with Crippen molar-refractivity contribution in [2.75, 3.05) is 13.2 Å². The average molecular weight is 411 g/mol. The summed E-state index contributed by atoms with van der Waals surface area (Å²) in [7, 11) is -2.08. The molecule has 10 heteroatoms. The minimum absolute atomic E-state index is 0.0350. The van der Waals surface area contributed by atoms with Gasteiger partial charge in [-0.15, -0.1) is 5.10 Å². The number of nitro groups is 1. The molecule has 2 rings (SSSR count). The fourth-order valence-corrected chi connectivity index (χ4v) is 3.18. The lowest BCUT2D eigenvalue weighted by atomic mass is 10.2. The molecule has 0 spiro atoms. The number of alkyl halides is 1. The van der Waals surface area contributed by atoms with Crippen LogP contribution in [0, 0.1) is 17.0 Å². The van der Waals surface area contributed by atoms with Crippen molar-refractivity contribution in [3.05, 3.63) is 40.3 Å². The van der Waals surface area contributed by atoms with Crippen molar-refractivity contribution in [3.8, 4) is 11.6 Å². The molecule has 0 amide bonds. The molecule has 0 aliphatic rings. The highest BCUT2D eigenvalue weighted by molar-refractivity contribution is 6.74. The predicted octanol–water partition coefficient (Wildman–Crippen LogP) is 4.22. The SMILES string of the molecule is Cc1ncccc1-n1cc([N+](=O)[O-])c(OCC(F)CO[Si](C)(C)C(C)(C)C)n1. The van der Waals surface area contributed by atoms with Crippen molar-refractivity contribution < 1.29 is 18.5 Å². The Morgan fingerprint density at radius 1 is 1.36 bits per heavy atom. The highest BCUT2D eigenvalue weighted by Gasteiger charge is 2.37. The van der Waals surface area contributed by atoms with E-state index in [1.807, 2.05) is 13.1 Å². The van der Waals surface area contributed by atoms with Gasteiger partial charge in [0.25, 0.3) is 0 Å². The van der Waals surface area contributed by atoms with Crippen molar-refractivity contribution in [3.63, 3.8) is 0 Å². The monoisotopic (exact) mass is 410 g/mol. The third-order valence-electron chi connectivity index (χ3n) is 4.92. The van der Waals surface area contributed by atoms with Gasteiger partial charge in [-0.1, -0.05) is 20.8 Å². The van der Waals surface area contributed by atoms with Crippen LogP contribution in [0.5, 0.6) is 5.88 Å². The third-order valence-corrected chi connectivity index (χ3v) is 9.42. The summed E-state index contributed by atoms with van der Waals surface area (Å²) in [5.74, 6) is -0.233. The van der Waals surface area contributed by atoms with Gasteiger partial charge in [0.15, 0.2) is 14.5 Å². The van der Waals surface area contributed by atoms with Crippen LogP contribution in [0.15, 0.2) is 24.5 Å². The minimum Gasteiger partial charge on any atom is -0.469 e. The number of aryl methyl sites for hydroxylation is 1. The lowest BCUT2D eigenvalue weighted by Crippen LogP contribution is -2.42. The van der Waals surface area contributed by atoms with Crippen LogP contribution in [0.3, 0.4) is 0 Å². The number of hydrogen-bond acceptors (Lipinski definition) is 6. The zero-order valence-electron chi connectivity index (χ0n) is 17.1. The Kier molecular flexibility index (Phi) is 6.55.